The number of aryl methyl sites for hydroxylation is 1. The van der Waals surface area contributed by atoms with Crippen LogP contribution in [0.25, 0.3) is 5.69 Å². The van der Waals surface area contributed by atoms with E-state index >= 15 is 0 Å². The van der Waals surface area contributed by atoms with Gasteiger partial charge in [-0.15, -0.1) is 0 Å². The van der Waals surface area contributed by atoms with Crippen molar-refractivity contribution in [3.8, 4) is 5.69 Å². The summed E-state index contributed by atoms with van der Waals surface area (Å²) in [7, 11) is 0. The number of nitrogens with one attached hydrogen (secondary N) is 1. The molecule has 0 radical (unpaired) electrons. The van der Waals surface area contributed by atoms with Crippen LogP contribution in [0.1, 0.15) is 41.7 Å². The number of aliphatic hydroxyl groups excluding tert-OH is 1. The van der Waals surface area contributed by atoms with E-state index in [4.69, 9.17) is 0 Å². The Labute approximate surface area is 136 Å². The normalized spacial score (nSPS) is 21.1. The summed E-state index contributed by atoms with van der Waals surface area (Å²) in [5.41, 5.74) is 2.25. The highest BCUT2D eigenvalue weighted by Crippen LogP contribution is 2.23. The number of carbonyl (C=O) groups is 1. The van der Waals surface area contributed by atoms with Crippen molar-refractivity contribution >= 4 is 5.91 Å². The van der Waals surface area contributed by atoms with Gasteiger partial charge in [0.05, 0.1) is 23.0 Å². The van der Waals surface area contributed by atoms with E-state index in [0.29, 0.717) is 18.0 Å². The Bertz CT molecular complexity index is 666. The lowest BCUT2D eigenvalue weighted by atomic mass is 9.87. The van der Waals surface area contributed by atoms with Crippen molar-refractivity contribution in [1.82, 2.24) is 15.1 Å². The molecule has 1 aromatic heterocycles. The van der Waals surface area contributed by atoms with Crippen LogP contribution in [0.4, 0.5) is 0 Å². The van der Waals surface area contributed by atoms with Crippen molar-refractivity contribution in [2.75, 3.05) is 6.54 Å². The van der Waals surface area contributed by atoms with Gasteiger partial charge in [0.15, 0.2) is 0 Å². The van der Waals surface area contributed by atoms with Crippen LogP contribution in [-0.4, -0.2) is 33.4 Å². The lowest BCUT2D eigenvalue weighted by Crippen LogP contribution is -2.33. The summed E-state index contributed by atoms with van der Waals surface area (Å²) in [6.45, 7) is 2.46. The zero-order valence-electron chi connectivity index (χ0n) is 13.4. The highest BCUT2D eigenvalue weighted by Gasteiger charge is 2.21. The minimum atomic E-state index is -0.215. The summed E-state index contributed by atoms with van der Waals surface area (Å²) in [5.74, 6) is 0.275. The maximum Gasteiger partial charge on any atom is 0.254 e. The van der Waals surface area contributed by atoms with Crippen molar-refractivity contribution in [3.63, 3.8) is 0 Å². The van der Waals surface area contributed by atoms with Crippen molar-refractivity contribution in [3.05, 3.63) is 47.8 Å². The van der Waals surface area contributed by atoms with E-state index in [9.17, 15) is 9.90 Å². The fraction of sp³-hybridized carbons (Fsp3) is 0.444. The van der Waals surface area contributed by atoms with Gasteiger partial charge in [0.25, 0.3) is 5.91 Å². The van der Waals surface area contributed by atoms with Crippen molar-refractivity contribution in [1.29, 1.82) is 0 Å². The van der Waals surface area contributed by atoms with Crippen LogP contribution in [0.2, 0.25) is 0 Å². The van der Waals surface area contributed by atoms with E-state index in [1.54, 1.807) is 10.9 Å². The molecule has 1 amide bonds. The number of aliphatic hydroxyl groups is 1. The Hall–Kier alpha value is -2.14. The average Bonchev–Trinajstić information content (AvgIpc) is 2.95. The number of benzene rings is 1. The van der Waals surface area contributed by atoms with Gasteiger partial charge in [-0.1, -0.05) is 24.6 Å². The second kappa shape index (κ2) is 6.96. The maximum atomic E-state index is 12.4. The first kappa shape index (κ1) is 15.7. The molecule has 3 rings (SSSR count). The third-order valence-corrected chi connectivity index (χ3v) is 4.47. The Balaban J connectivity index is 1.64. The number of hydrogen-bond acceptors (Lipinski definition) is 3. The molecule has 1 aliphatic rings. The third kappa shape index (κ3) is 3.79. The minimum absolute atomic E-state index is 0.0928. The quantitative estimate of drug-likeness (QED) is 0.911. The van der Waals surface area contributed by atoms with E-state index in [1.165, 1.54) is 0 Å². The highest BCUT2D eigenvalue weighted by molar-refractivity contribution is 5.95. The van der Waals surface area contributed by atoms with Gasteiger partial charge in [-0.2, -0.15) is 5.10 Å². The monoisotopic (exact) mass is 313 g/mol. The van der Waals surface area contributed by atoms with E-state index in [-0.39, 0.29) is 12.0 Å². The molecule has 1 fully saturated rings. The Morgan fingerprint density at radius 3 is 2.87 bits per heavy atom. The number of nitrogens with zero attached hydrogens (tertiary/aromatic N) is 2. The van der Waals surface area contributed by atoms with Gasteiger partial charge in [-0.05, 0) is 44.2 Å². The van der Waals surface area contributed by atoms with E-state index in [1.807, 2.05) is 37.3 Å². The summed E-state index contributed by atoms with van der Waals surface area (Å²) in [4.78, 5) is 12.4. The zero-order chi connectivity index (χ0) is 16.2. The molecule has 2 unspecified atom stereocenters. The van der Waals surface area contributed by atoms with Gasteiger partial charge in [0.1, 0.15) is 0 Å². The second-order valence-corrected chi connectivity index (χ2v) is 6.30. The topological polar surface area (TPSA) is 67.2 Å². The number of hydrogen-bond donors (Lipinski definition) is 2. The third-order valence-electron chi connectivity index (χ3n) is 4.47. The van der Waals surface area contributed by atoms with Gasteiger partial charge in [0.2, 0.25) is 0 Å². The Kier molecular flexibility index (Phi) is 4.76. The molecule has 0 spiro atoms. The number of carbonyl (C=O) groups excluding carboxylic acids is 1. The zero-order valence-corrected chi connectivity index (χ0v) is 13.4. The summed E-state index contributed by atoms with van der Waals surface area (Å²) >= 11 is 0. The molecule has 2 N–H and O–H groups in total. The molecule has 1 saturated carbocycles. The molecule has 5 heteroatoms. The number of aromatic nitrogens is 2. The fourth-order valence-electron chi connectivity index (χ4n) is 3.18. The summed E-state index contributed by atoms with van der Waals surface area (Å²) in [6.07, 6.45) is 5.32. The van der Waals surface area contributed by atoms with Gasteiger partial charge >= 0.3 is 0 Å². The predicted molar refractivity (Wildman–Crippen MR) is 88.6 cm³/mol. The van der Waals surface area contributed by atoms with Crippen LogP contribution >= 0.6 is 0 Å². The van der Waals surface area contributed by atoms with Crippen LogP contribution in [0.15, 0.2) is 36.5 Å². The van der Waals surface area contributed by atoms with Crippen molar-refractivity contribution in [2.45, 2.75) is 38.7 Å². The first-order valence-corrected chi connectivity index (χ1v) is 8.21. The van der Waals surface area contributed by atoms with Gasteiger partial charge in [0, 0.05) is 12.7 Å². The van der Waals surface area contributed by atoms with Gasteiger partial charge < -0.3 is 10.4 Å². The molecule has 5 nitrogen and oxygen atoms in total. The van der Waals surface area contributed by atoms with Gasteiger partial charge in [-0.25, -0.2) is 4.68 Å². The first-order chi connectivity index (χ1) is 11.1. The van der Waals surface area contributed by atoms with Crippen LogP contribution in [0, 0.1) is 12.8 Å². The predicted octanol–water partition coefficient (Wildman–Crippen LogP) is 2.46. The maximum absolute atomic E-state index is 12.4. The first-order valence-electron chi connectivity index (χ1n) is 8.21. The molecule has 0 aliphatic heterocycles. The smallest absolute Gasteiger partial charge is 0.254 e. The summed E-state index contributed by atoms with van der Waals surface area (Å²) in [6, 6.07) is 9.75. The van der Waals surface area contributed by atoms with E-state index < -0.39 is 0 Å². The van der Waals surface area contributed by atoms with Crippen LogP contribution < -0.4 is 5.32 Å². The lowest BCUT2D eigenvalue weighted by molar-refractivity contribution is 0.0873. The lowest BCUT2D eigenvalue weighted by Gasteiger charge is -2.25. The summed E-state index contributed by atoms with van der Waals surface area (Å²) < 4.78 is 1.73. The number of amides is 1. The van der Waals surface area contributed by atoms with Crippen molar-refractivity contribution in [2.24, 2.45) is 5.92 Å². The fourth-order valence-corrected chi connectivity index (χ4v) is 3.18. The highest BCUT2D eigenvalue weighted by atomic mass is 16.3. The molecule has 1 aromatic carbocycles. The molecule has 2 atom stereocenters. The molecule has 0 bridgehead atoms. The second-order valence-electron chi connectivity index (χ2n) is 6.30. The standard InChI is InChI=1S/C18H23N3O2/c1-13-17(12-21(20-13)15-7-3-2-4-8-15)18(23)19-11-14-6-5-9-16(22)10-14/h2-4,7-8,12,14,16,22H,5-6,9-11H2,1H3,(H,19,23). The average molecular weight is 313 g/mol. The molecule has 1 aliphatic carbocycles. The molecule has 1 heterocycles. The number of para-hydroxylation sites is 1. The van der Waals surface area contributed by atoms with Crippen LogP contribution in [0.3, 0.4) is 0 Å². The van der Waals surface area contributed by atoms with Crippen LogP contribution in [-0.2, 0) is 0 Å². The Morgan fingerprint density at radius 1 is 1.35 bits per heavy atom. The van der Waals surface area contributed by atoms with Gasteiger partial charge in [-0.3, -0.25) is 4.79 Å². The molecule has 0 saturated heterocycles. The number of rotatable bonds is 4. The molecule has 122 valence electrons. The SMILES string of the molecule is Cc1nn(-c2ccccc2)cc1C(=O)NCC1CCCC(O)C1. The van der Waals surface area contributed by atoms with Crippen LogP contribution in [0.5, 0.6) is 0 Å². The largest absolute Gasteiger partial charge is 0.393 e. The molecule has 2 aromatic rings. The summed E-state index contributed by atoms with van der Waals surface area (Å²) in [5, 5.41) is 17.1. The van der Waals surface area contributed by atoms with Crippen molar-refractivity contribution < 1.29 is 9.90 Å². The van der Waals surface area contributed by atoms with E-state index in [2.05, 4.69) is 10.4 Å². The molecular formula is C18H23N3O2. The Morgan fingerprint density at radius 2 is 2.13 bits per heavy atom. The van der Waals surface area contributed by atoms with E-state index in [0.717, 1.165) is 37.1 Å². The molecule has 23 heavy (non-hydrogen) atoms. The minimum Gasteiger partial charge on any atom is -0.393 e. The molecular weight excluding hydrogens is 290 g/mol.